The molecule has 0 aromatic heterocycles. The third kappa shape index (κ3) is 4.58. The SMILES string of the molecule is N#Cc1ccc(NC(=O)CN(Cc2ccc(Cl)cc2)C2CC2)cc1. The fourth-order valence-corrected chi connectivity index (χ4v) is 2.72. The van der Waals surface area contributed by atoms with Gasteiger partial charge in [0.25, 0.3) is 0 Å². The molecule has 2 aromatic carbocycles. The molecule has 0 bridgehead atoms. The fourth-order valence-electron chi connectivity index (χ4n) is 2.59. The molecule has 1 saturated carbocycles. The molecule has 1 aliphatic rings. The van der Waals surface area contributed by atoms with Gasteiger partial charge in [0.2, 0.25) is 5.91 Å². The van der Waals surface area contributed by atoms with Crippen molar-refractivity contribution < 1.29 is 4.79 Å². The van der Waals surface area contributed by atoms with E-state index in [1.54, 1.807) is 24.3 Å². The molecule has 0 radical (unpaired) electrons. The van der Waals surface area contributed by atoms with E-state index in [-0.39, 0.29) is 5.91 Å². The van der Waals surface area contributed by atoms with E-state index in [1.807, 2.05) is 24.3 Å². The number of amides is 1. The second-order valence-corrected chi connectivity index (χ2v) is 6.44. The van der Waals surface area contributed by atoms with Crippen molar-refractivity contribution in [3.05, 3.63) is 64.7 Å². The summed E-state index contributed by atoms with van der Waals surface area (Å²) in [6, 6.07) is 17.2. The van der Waals surface area contributed by atoms with Gasteiger partial charge in [-0.25, -0.2) is 0 Å². The van der Waals surface area contributed by atoms with Crippen LogP contribution in [-0.4, -0.2) is 23.4 Å². The second-order valence-electron chi connectivity index (χ2n) is 6.00. The summed E-state index contributed by atoms with van der Waals surface area (Å²) < 4.78 is 0. The molecule has 1 aliphatic carbocycles. The average molecular weight is 340 g/mol. The van der Waals surface area contributed by atoms with Crippen LogP contribution in [0.1, 0.15) is 24.0 Å². The zero-order chi connectivity index (χ0) is 16.9. The predicted octanol–water partition coefficient (Wildman–Crippen LogP) is 3.81. The molecule has 24 heavy (non-hydrogen) atoms. The lowest BCUT2D eigenvalue weighted by Gasteiger charge is -2.21. The molecule has 0 atom stereocenters. The topological polar surface area (TPSA) is 56.1 Å². The zero-order valence-electron chi connectivity index (χ0n) is 13.2. The van der Waals surface area contributed by atoms with E-state index < -0.39 is 0 Å². The van der Waals surface area contributed by atoms with Crippen molar-refractivity contribution in [3.8, 4) is 6.07 Å². The van der Waals surface area contributed by atoms with Gasteiger partial charge in [-0.15, -0.1) is 0 Å². The van der Waals surface area contributed by atoms with Crippen molar-refractivity contribution in [2.45, 2.75) is 25.4 Å². The summed E-state index contributed by atoms with van der Waals surface area (Å²) in [5.74, 6) is -0.0411. The highest BCUT2D eigenvalue weighted by atomic mass is 35.5. The summed E-state index contributed by atoms with van der Waals surface area (Å²) in [6.45, 7) is 1.09. The Morgan fingerprint density at radius 3 is 2.42 bits per heavy atom. The van der Waals surface area contributed by atoms with Gasteiger partial charge in [-0.05, 0) is 54.8 Å². The standard InChI is InChI=1S/C19H18ClN3O/c20-16-5-1-15(2-6-16)12-23(18-9-10-18)13-19(24)22-17-7-3-14(11-21)4-8-17/h1-8,18H,9-10,12-13H2,(H,22,24). The maximum atomic E-state index is 12.3. The number of nitriles is 1. The normalized spacial score (nSPS) is 13.5. The third-order valence-corrected chi connectivity index (χ3v) is 4.26. The van der Waals surface area contributed by atoms with Crippen LogP contribution in [0.15, 0.2) is 48.5 Å². The Hall–Kier alpha value is -2.35. The molecule has 1 fully saturated rings. The number of anilines is 1. The fraction of sp³-hybridized carbons (Fsp3) is 0.263. The molecule has 4 nitrogen and oxygen atoms in total. The highest BCUT2D eigenvalue weighted by Gasteiger charge is 2.30. The summed E-state index contributed by atoms with van der Waals surface area (Å²) >= 11 is 5.92. The van der Waals surface area contributed by atoms with Crippen molar-refractivity contribution >= 4 is 23.2 Å². The average Bonchev–Trinajstić information content (AvgIpc) is 3.42. The Bertz CT molecular complexity index is 746. The first kappa shape index (κ1) is 16.5. The molecule has 5 heteroatoms. The van der Waals surface area contributed by atoms with Crippen LogP contribution in [0.3, 0.4) is 0 Å². The first-order chi connectivity index (χ1) is 11.6. The zero-order valence-corrected chi connectivity index (χ0v) is 14.0. The number of nitrogens with zero attached hydrogens (tertiary/aromatic N) is 2. The van der Waals surface area contributed by atoms with Gasteiger partial charge in [-0.1, -0.05) is 23.7 Å². The van der Waals surface area contributed by atoms with E-state index in [0.29, 0.717) is 23.8 Å². The molecule has 122 valence electrons. The predicted molar refractivity (Wildman–Crippen MR) is 94.7 cm³/mol. The van der Waals surface area contributed by atoms with Gasteiger partial charge in [0.05, 0.1) is 18.2 Å². The maximum absolute atomic E-state index is 12.3. The van der Waals surface area contributed by atoms with Gasteiger partial charge < -0.3 is 5.32 Å². The monoisotopic (exact) mass is 339 g/mol. The van der Waals surface area contributed by atoms with E-state index in [1.165, 1.54) is 0 Å². The van der Waals surface area contributed by atoms with E-state index >= 15 is 0 Å². The quantitative estimate of drug-likeness (QED) is 0.870. The van der Waals surface area contributed by atoms with Crippen LogP contribution >= 0.6 is 11.6 Å². The molecule has 2 aromatic rings. The van der Waals surface area contributed by atoms with Crippen LogP contribution in [0.2, 0.25) is 5.02 Å². The van der Waals surface area contributed by atoms with Gasteiger partial charge in [0.15, 0.2) is 0 Å². The number of rotatable bonds is 6. The summed E-state index contributed by atoms with van der Waals surface area (Å²) in [6.07, 6.45) is 2.27. The van der Waals surface area contributed by atoms with E-state index in [2.05, 4.69) is 16.3 Å². The lowest BCUT2D eigenvalue weighted by molar-refractivity contribution is -0.117. The Kier molecular flexibility index (Phi) is 5.14. The minimum absolute atomic E-state index is 0.0411. The Labute approximate surface area is 146 Å². The molecule has 0 saturated heterocycles. The summed E-state index contributed by atoms with van der Waals surface area (Å²) in [5.41, 5.74) is 2.44. The molecular formula is C19H18ClN3O. The number of halogens is 1. The van der Waals surface area contributed by atoms with Gasteiger partial charge in [0, 0.05) is 23.3 Å². The van der Waals surface area contributed by atoms with Crippen molar-refractivity contribution in [3.63, 3.8) is 0 Å². The lowest BCUT2D eigenvalue weighted by atomic mass is 10.2. The number of hydrogen-bond donors (Lipinski definition) is 1. The van der Waals surface area contributed by atoms with Crippen molar-refractivity contribution in [1.29, 1.82) is 5.26 Å². The third-order valence-electron chi connectivity index (χ3n) is 4.01. The number of hydrogen-bond acceptors (Lipinski definition) is 3. The molecule has 1 amide bonds. The van der Waals surface area contributed by atoms with E-state index in [0.717, 1.165) is 30.0 Å². The Morgan fingerprint density at radius 2 is 1.83 bits per heavy atom. The number of carbonyl (C=O) groups excluding carboxylic acids is 1. The number of carbonyl (C=O) groups is 1. The van der Waals surface area contributed by atoms with Crippen LogP contribution in [0.4, 0.5) is 5.69 Å². The highest BCUT2D eigenvalue weighted by molar-refractivity contribution is 6.30. The minimum atomic E-state index is -0.0411. The van der Waals surface area contributed by atoms with Gasteiger partial charge in [-0.2, -0.15) is 5.26 Å². The molecule has 3 rings (SSSR count). The molecule has 1 N–H and O–H groups in total. The Balaban J connectivity index is 1.59. The van der Waals surface area contributed by atoms with Gasteiger partial charge in [-0.3, -0.25) is 9.69 Å². The van der Waals surface area contributed by atoms with Crippen molar-refractivity contribution in [1.82, 2.24) is 4.90 Å². The highest BCUT2D eigenvalue weighted by Crippen LogP contribution is 2.28. The molecule has 0 unspecified atom stereocenters. The summed E-state index contributed by atoms with van der Waals surface area (Å²) in [7, 11) is 0. The largest absolute Gasteiger partial charge is 0.325 e. The molecular weight excluding hydrogens is 322 g/mol. The number of benzene rings is 2. The first-order valence-electron chi connectivity index (χ1n) is 7.92. The van der Waals surface area contributed by atoms with Gasteiger partial charge in [0.1, 0.15) is 0 Å². The smallest absolute Gasteiger partial charge is 0.238 e. The minimum Gasteiger partial charge on any atom is -0.325 e. The van der Waals surface area contributed by atoms with Crippen LogP contribution in [-0.2, 0) is 11.3 Å². The van der Waals surface area contributed by atoms with E-state index in [9.17, 15) is 4.79 Å². The summed E-state index contributed by atoms with van der Waals surface area (Å²) in [5, 5.41) is 12.4. The van der Waals surface area contributed by atoms with Crippen molar-refractivity contribution in [2.24, 2.45) is 0 Å². The van der Waals surface area contributed by atoms with E-state index in [4.69, 9.17) is 16.9 Å². The van der Waals surface area contributed by atoms with Crippen LogP contribution in [0, 0.1) is 11.3 Å². The number of nitrogens with one attached hydrogen (secondary N) is 1. The first-order valence-corrected chi connectivity index (χ1v) is 8.30. The molecule has 0 heterocycles. The summed E-state index contributed by atoms with van der Waals surface area (Å²) in [4.78, 5) is 14.5. The second kappa shape index (κ2) is 7.48. The maximum Gasteiger partial charge on any atom is 0.238 e. The Morgan fingerprint density at radius 1 is 1.17 bits per heavy atom. The van der Waals surface area contributed by atoms with Crippen LogP contribution in [0.5, 0.6) is 0 Å². The van der Waals surface area contributed by atoms with Gasteiger partial charge >= 0.3 is 0 Å². The lowest BCUT2D eigenvalue weighted by Crippen LogP contribution is -2.34. The van der Waals surface area contributed by atoms with Crippen molar-refractivity contribution in [2.75, 3.05) is 11.9 Å². The molecule has 0 spiro atoms. The van der Waals surface area contributed by atoms with Crippen LogP contribution < -0.4 is 5.32 Å². The molecule has 0 aliphatic heterocycles. The van der Waals surface area contributed by atoms with Crippen LogP contribution in [0.25, 0.3) is 0 Å².